The summed E-state index contributed by atoms with van der Waals surface area (Å²) < 4.78 is 11.2. The Balaban J connectivity index is 2.45. The largest absolute Gasteiger partial charge is 0.489 e. The molecule has 0 bridgehead atoms. The third kappa shape index (κ3) is 3.22. The van der Waals surface area contributed by atoms with Crippen LogP contribution in [-0.2, 0) is 0 Å². The van der Waals surface area contributed by atoms with Crippen molar-refractivity contribution in [3.63, 3.8) is 0 Å². The fraction of sp³-hybridized carbons (Fsp3) is 0.333. The van der Waals surface area contributed by atoms with Crippen molar-refractivity contribution in [2.75, 3.05) is 12.5 Å². The van der Waals surface area contributed by atoms with Gasteiger partial charge < -0.3 is 14.9 Å². The van der Waals surface area contributed by atoms with Crippen molar-refractivity contribution in [1.82, 2.24) is 9.97 Å². The third-order valence-corrected chi connectivity index (χ3v) is 3.11. The summed E-state index contributed by atoms with van der Waals surface area (Å²) in [7, 11) is 1.52. The molecule has 0 amide bonds. The number of nitrogen functional groups attached to an aromatic ring is 1. The molecule has 0 unspecified atom stereocenters. The first-order valence-electron chi connectivity index (χ1n) is 6.70. The molecule has 0 fully saturated rings. The molecule has 0 aliphatic heterocycles. The molecule has 0 saturated carbocycles. The zero-order valence-electron chi connectivity index (χ0n) is 12.7. The minimum absolute atomic E-state index is 0.327. The summed E-state index contributed by atoms with van der Waals surface area (Å²) in [5.74, 6) is 7.58. The number of anilines is 1. The maximum Gasteiger partial charge on any atom is 0.268 e. The Morgan fingerprint density at radius 3 is 2.62 bits per heavy atom. The van der Waals surface area contributed by atoms with Crippen LogP contribution in [0, 0.1) is 6.92 Å². The molecule has 3 N–H and O–H groups in total. The number of nitrogens with one attached hydrogen (secondary N) is 1. The lowest BCUT2D eigenvalue weighted by Gasteiger charge is -2.16. The van der Waals surface area contributed by atoms with Gasteiger partial charge in [0.2, 0.25) is 5.75 Å². The Hall–Kier alpha value is -2.34. The van der Waals surface area contributed by atoms with Gasteiger partial charge in [0.25, 0.3) is 5.88 Å². The first-order chi connectivity index (χ1) is 10.1. The van der Waals surface area contributed by atoms with Crippen LogP contribution in [0.5, 0.6) is 17.4 Å². The van der Waals surface area contributed by atoms with E-state index in [1.807, 2.05) is 13.0 Å². The zero-order valence-corrected chi connectivity index (χ0v) is 12.7. The SMILES string of the molecule is COc1c(NN)ncnc1Oc1cc(C)ccc1C(C)C. The number of rotatable bonds is 5. The highest BCUT2D eigenvalue weighted by molar-refractivity contribution is 5.55. The first-order valence-corrected chi connectivity index (χ1v) is 6.70. The highest BCUT2D eigenvalue weighted by atomic mass is 16.5. The van der Waals surface area contributed by atoms with Gasteiger partial charge in [-0.1, -0.05) is 26.0 Å². The molecule has 0 aliphatic rings. The minimum atomic E-state index is 0.327. The fourth-order valence-electron chi connectivity index (χ4n) is 2.03. The topological polar surface area (TPSA) is 82.3 Å². The summed E-state index contributed by atoms with van der Waals surface area (Å²) >= 11 is 0. The second kappa shape index (κ2) is 6.41. The summed E-state index contributed by atoms with van der Waals surface area (Å²) in [4.78, 5) is 8.12. The van der Waals surface area contributed by atoms with E-state index in [0.29, 0.717) is 23.4 Å². The maximum absolute atomic E-state index is 5.94. The van der Waals surface area contributed by atoms with Gasteiger partial charge in [-0.15, -0.1) is 0 Å². The summed E-state index contributed by atoms with van der Waals surface area (Å²) in [5, 5.41) is 0. The van der Waals surface area contributed by atoms with Crippen molar-refractivity contribution in [3.8, 4) is 17.4 Å². The van der Waals surface area contributed by atoms with E-state index in [0.717, 1.165) is 16.9 Å². The van der Waals surface area contributed by atoms with Gasteiger partial charge in [0.15, 0.2) is 5.82 Å². The van der Waals surface area contributed by atoms with E-state index < -0.39 is 0 Å². The second-order valence-electron chi connectivity index (χ2n) is 5.00. The smallest absolute Gasteiger partial charge is 0.268 e. The van der Waals surface area contributed by atoms with Crippen LogP contribution in [0.1, 0.15) is 30.9 Å². The lowest BCUT2D eigenvalue weighted by atomic mass is 10.0. The molecule has 1 aromatic heterocycles. The molecule has 0 spiro atoms. The normalized spacial score (nSPS) is 10.6. The van der Waals surface area contributed by atoms with Crippen molar-refractivity contribution >= 4 is 5.82 Å². The van der Waals surface area contributed by atoms with E-state index >= 15 is 0 Å². The summed E-state index contributed by atoms with van der Waals surface area (Å²) in [6, 6.07) is 6.10. The number of hydrogen-bond donors (Lipinski definition) is 2. The molecular formula is C15H20N4O2. The van der Waals surface area contributed by atoms with Crippen LogP contribution >= 0.6 is 0 Å². The zero-order chi connectivity index (χ0) is 15.4. The van der Waals surface area contributed by atoms with Crippen LogP contribution in [0.2, 0.25) is 0 Å². The molecule has 1 aromatic carbocycles. The molecule has 0 saturated heterocycles. The molecule has 1 heterocycles. The molecule has 0 aliphatic carbocycles. The Morgan fingerprint density at radius 1 is 1.24 bits per heavy atom. The number of hydrogen-bond acceptors (Lipinski definition) is 6. The van der Waals surface area contributed by atoms with Crippen LogP contribution in [0.25, 0.3) is 0 Å². The van der Waals surface area contributed by atoms with E-state index in [-0.39, 0.29) is 0 Å². The van der Waals surface area contributed by atoms with E-state index in [2.05, 4.69) is 41.4 Å². The van der Waals surface area contributed by atoms with Gasteiger partial charge in [0, 0.05) is 0 Å². The van der Waals surface area contributed by atoms with Crippen LogP contribution in [0.3, 0.4) is 0 Å². The number of hydrazine groups is 1. The standard InChI is InChI=1S/C15H20N4O2/c1-9(2)11-6-5-10(3)7-12(11)21-15-13(20-4)14(19-16)17-8-18-15/h5-9H,16H2,1-4H3,(H,17,18,19). The lowest BCUT2D eigenvalue weighted by molar-refractivity contribution is 0.367. The Labute approximate surface area is 124 Å². The monoisotopic (exact) mass is 288 g/mol. The minimum Gasteiger partial charge on any atom is -0.489 e. The van der Waals surface area contributed by atoms with Gasteiger partial charge in [-0.05, 0) is 30.0 Å². The van der Waals surface area contributed by atoms with Crippen LogP contribution in [-0.4, -0.2) is 17.1 Å². The van der Waals surface area contributed by atoms with Gasteiger partial charge in [-0.25, -0.2) is 10.8 Å². The van der Waals surface area contributed by atoms with Crippen molar-refractivity contribution in [3.05, 3.63) is 35.7 Å². The highest BCUT2D eigenvalue weighted by Crippen LogP contribution is 2.37. The van der Waals surface area contributed by atoms with Gasteiger partial charge in [0.05, 0.1) is 7.11 Å². The first kappa shape index (κ1) is 15.1. The molecule has 0 radical (unpaired) electrons. The Morgan fingerprint density at radius 2 is 2.00 bits per heavy atom. The Kier molecular flexibility index (Phi) is 4.59. The molecule has 21 heavy (non-hydrogen) atoms. The van der Waals surface area contributed by atoms with E-state index in [1.54, 1.807) is 0 Å². The Bertz CT molecular complexity index is 629. The van der Waals surface area contributed by atoms with Gasteiger partial charge in [-0.3, -0.25) is 0 Å². The van der Waals surface area contributed by atoms with Crippen molar-refractivity contribution in [2.45, 2.75) is 26.7 Å². The van der Waals surface area contributed by atoms with Crippen LogP contribution in [0.15, 0.2) is 24.5 Å². The highest BCUT2D eigenvalue weighted by Gasteiger charge is 2.16. The molecular weight excluding hydrogens is 268 g/mol. The molecule has 6 nitrogen and oxygen atoms in total. The number of nitrogens with zero attached hydrogens (tertiary/aromatic N) is 2. The third-order valence-electron chi connectivity index (χ3n) is 3.11. The van der Waals surface area contributed by atoms with Crippen molar-refractivity contribution in [2.24, 2.45) is 5.84 Å². The number of aryl methyl sites for hydroxylation is 1. The van der Waals surface area contributed by atoms with Gasteiger partial charge >= 0.3 is 0 Å². The molecule has 2 aromatic rings. The number of nitrogens with two attached hydrogens (primary N) is 1. The molecule has 112 valence electrons. The van der Waals surface area contributed by atoms with Crippen molar-refractivity contribution in [1.29, 1.82) is 0 Å². The van der Waals surface area contributed by atoms with Crippen LogP contribution < -0.4 is 20.7 Å². The molecule has 0 atom stereocenters. The van der Waals surface area contributed by atoms with Crippen LogP contribution in [0.4, 0.5) is 5.82 Å². The number of ether oxygens (including phenoxy) is 2. The van der Waals surface area contributed by atoms with Gasteiger partial charge in [-0.2, -0.15) is 4.98 Å². The van der Waals surface area contributed by atoms with E-state index in [1.165, 1.54) is 13.4 Å². The average molecular weight is 288 g/mol. The second-order valence-corrected chi connectivity index (χ2v) is 5.00. The summed E-state index contributed by atoms with van der Waals surface area (Å²) in [5.41, 5.74) is 4.68. The lowest BCUT2D eigenvalue weighted by Crippen LogP contribution is -2.11. The maximum atomic E-state index is 5.94. The van der Waals surface area contributed by atoms with Crippen molar-refractivity contribution < 1.29 is 9.47 Å². The summed E-state index contributed by atoms with van der Waals surface area (Å²) in [6.07, 6.45) is 1.37. The number of aromatic nitrogens is 2. The number of methoxy groups -OCH3 is 1. The predicted octanol–water partition coefficient (Wildman–Crippen LogP) is 2.99. The fourth-order valence-corrected chi connectivity index (χ4v) is 2.03. The van der Waals surface area contributed by atoms with Gasteiger partial charge in [0.1, 0.15) is 12.1 Å². The molecule has 6 heteroatoms. The molecule has 2 rings (SSSR count). The number of benzene rings is 1. The van der Waals surface area contributed by atoms with E-state index in [4.69, 9.17) is 15.3 Å². The van der Waals surface area contributed by atoms with E-state index in [9.17, 15) is 0 Å². The average Bonchev–Trinajstić information content (AvgIpc) is 2.46. The quantitative estimate of drug-likeness (QED) is 0.650. The predicted molar refractivity (Wildman–Crippen MR) is 81.7 cm³/mol. The summed E-state index contributed by atoms with van der Waals surface area (Å²) in [6.45, 7) is 6.24.